The van der Waals surface area contributed by atoms with Crippen molar-refractivity contribution in [3.8, 4) is 11.5 Å². The van der Waals surface area contributed by atoms with Crippen LogP contribution in [0.25, 0.3) is 6.08 Å². The van der Waals surface area contributed by atoms with Gasteiger partial charge in [-0.25, -0.2) is 9.59 Å². The molecule has 0 aliphatic rings. The highest BCUT2D eigenvalue weighted by Crippen LogP contribution is 2.33. The number of rotatable bonds is 14. The van der Waals surface area contributed by atoms with Gasteiger partial charge in [-0.15, -0.1) is 0 Å². The summed E-state index contributed by atoms with van der Waals surface area (Å²) in [5.41, 5.74) is 12.7. The van der Waals surface area contributed by atoms with Gasteiger partial charge in [0.1, 0.15) is 17.6 Å². The van der Waals surface area contributed by atoms with Crippen LogP contribution in [0.3, 0.4) is 0 Å². The number of alkyl halides is 5. The molecular formula is C31H31F5N2O6. The van der Waals surface area contributed by atoms with Gasteiger partial charge in [-0.3, -0.25) is 0 Å². The van der Waals surface area contributed by atoms with E-state index < -0.39 is 42.3 Å². The first-order chi connectivity index (χ1) is 20.7. The van der Waals surface area contributed by atoms with Crippen LogP contribution in [0.15, 0.2) is 66.7 Å². The molecule has 0 radical (unpaired) electrons. The van der Waals surface area contributed by atoms with Crippen molar-refractivity contribution in [1.29, 1.82) is 0 Å². The molecule has 0 saturated heterocycles. The lowest BCUT2D eigenvalue weighted by molar-refractivity contribution is -0.185. The summed E-state index contributed by atoms with van der Waals surface area (Å²) in [6.45, 7) is 1.58. The Kier molecular flexibility index (Phi) is 11.2. The molecule has 0 amide bonds. The predicted octanol–water partition coefficient (Wildman–Crippen LogP) is 6.98. The first-order valence-electron chi connectivity index (χ1n) is 13.4. The van der Waals surface area contributed by atoms with E-state index in [0.29, 0.717) is 17.5 Å². The number of hydrogen-bond acceptors (Lipinski definition) is 7. The molecule has 1 unspecified atom stereocenters. The fraction of sp³-hybridized carbons (Fsp3) is 0.290. The minimum atomic E-state index is -4.29. The van der Waals surface area contributed by atoms with Crippen molar-refractivity contribution in [3.05, 3.63) is 89.0 Å². The van der Waals surface area contributed by atoms with Gasteiger partial charge in [0.05, 0.1) is 17.7 Å². The fourth-order valence-electron chi connectivity index (χ4n) is 4.00. The van der Waals surface area contributed by atoms with Crippen LogP contribution in [-0.4, -0.2) is 35.9 Å². The molecule has 0 aromatic heterocycles. The average molecular weight is 623 g/mol. The summed E-state index contributed by atoms with van der Waals surface area (Å²) >= 11 is 0. The minimum Gasteiger partial charge on any atom is -0.494 e. The molecule has 0 spiro atoms. The number of nitrogen functional groups attached to an aromatic ring is 2. The van der Waals surface area contributed by atoms with Crippen molar-refractivity contribution in [2.75, 3.05) is 18.1 Å². The number of halogens is 5. The second kappa shape index (κ2) is 14.6. The molecular weight excluding hydrogens is 591 g/mol. The van der Waals surface area contributed by atoms with E-state index in [1.54, 1.807) is 6.92 Å². The summed E-state index contributed by atoms with van der Waals surface area (Å²) in [6.07, 6.45) is -6.68. The Labute approximate surface area is 250 Å². The van der Waals surface area contributed by atoms with E-state index in [1.807, 2.05) is 0 Å². The lowest BCUT2D eigenvalue weighted by atomic mass is 10.00. The third-order valence-electron chi connectivity index (χ3n) is 6.34. The lowest BCUT2D eigenvalue weighted by Gasteiger charge is -2.19. The molecule has 236 valence electrons. The number of aromatic carboxylic acids is 1. The van der Waals surface area contributed by atoms with Crippen LogP contribution in [0.1, 0.15) is 53.2 Å². The first kappa shape index (κ1) is 33.7. The molecule has 8 nitrogen and oxygen atoms in total. The number of carbonyl (C=O) groups excluding carboxylic acids is 1. The van der Waals surface area contributed by atoms with Gasteiger partial charge >= 0.3 is 24.2 Å². The van der Waals surface area contributed by atoms with E-state index in [1.165, 1.54) is 60.7 Å². The number of hydrogen-bond donors (Lipinski definition) is 3. The molecule has 13 heteroatoms. The van der Waals surface area contributed by atoms with Gasteiger partial charge in [-0.05, 0) is 73.0 Å². The molecule has 0 fully saturated rings. The highest BCUT2D eigenvalue weighted by atomic mass is 19.4. The zero-order valence-corrected chi connectivity index (χ0v) is 23.6. The molecule has 0 aliphatic heterocycles. The first-order valence-corrected chi connectivity index (χ1v) is 13.4. The zero-order valence-electron chi connectivity index (χ0n) is 23.6. The van der Waals surface area contributed by atoms with Crippen molar-refractivity contribution in [2.24, 2.45) is 0 Å². The predicted molar refractivity (Wildman–Crippen MR) is 153 cm³/mol. The largest absolute Gasteiger partial charge is 0.494 e. The molecule has 5 N–H and O–H groups in total. The van der Waals surface area contributed by atoms with Gasteiger partial charge < -0.3 is 30.8 Å². The SMILES string of the molecule is CCC(Cc1c(N)cc(C(=O)O)cc1N)OC(=O)C=Cc1ccc(OC(F)(F)c2ccc(OCCCC(F)(F)F)cc2)cc1. The van der Waals surface area contributed by atoms with Crippen molar-refractivity contribution >= 4 is 29.4 Å². The number of ether oxygens (including phenoxy) is 3. The number of esters is 1. The van der Waals surface area contributed by atoms with Crippen LogP contribution >= 0.6 is 0 Å². The van der Waals surface area contributed by atoms with Crippen molar-refractivity contribution in [2.45, 2.75) is 51.0 Å². The molecule has 3 rings (SSSR count). The summed E-state index contributed by atoms with van der Waals surface area (Å²) in [7, 11) is 0. The number of anilines is 2. The maximum absolute atomic E-state index is 14.7. The fourth-order valence-corrected chi connectivity index (χ4v) is 4.00. The van der Waals surface area contributed by atoms with E-state index in [2.05, 4.69) is 0 Å². The smallest absolute Gasteiger partial charge is 0.426 e. The third-order valence-corrected chi connectivity index (χ3v) is 6.34. The Bertz CT molecular complexity index is 1430. The van der Waals surface area contributed by atoms with E-state index in [9.17, 15) is 31.5 Å². The van der Waals surface area contributed by atoms with E-state index in [0.717, 1.165) is 12.1 Å². The number of nitrogens with two attached hydrogens (primary N) is 2. The van der Waals surface area contributed by atoms with Gasteiger partial charge in [0.15, 0.2) is 0 Å². The topological polar surface area (TPSA) is 134 Å². The molecule has 0 aliphatic carbocycles. The summed E-state index contributed by atoms with van der Waals surface area (Å²) in [6, 6.07) is 12.6. The van der Waals surface area contributed by atoms with Crippen molar-refractivity contribution in [1.82, 2.24) is 0 Å². The summed E-state index contributed by atoms with van der Waals surface area (Å²) in [4.78, 5) is 23.6. The normalized spacial score (nSPS) is 12.6. The summed E-state index contributed by atoms with van der Waals surface area (Å²) in [5, 5.41) is 9.13. The standard InChI is InChI=1S/C31H31F5N2O6/c1-2-22(18-25-26(37)16-20(29(40)41)17-27(25)38)43-28(39)13-6-19-4-9-24(10-5-19)44-31(35,36)21-7-11-23(12-8-21)42-15-3-14-30(32,33)34/h4-13,16-17,22H,2-3,14-15,18,37-38H2,1H3,(H,40,41). The number of benzene rings is 3. The van der Waals surface area contributed by atoms with Crippen molar-refractivity contribution < 1.29 is 50.9 Å². The summed E-state index contributed by atoms with van der Waals surface area (Å²) < 4.78 is 81.4. The minimum absolute atomic E-state index is 0.0558. The molecule has 0 heterocycles. The average Bonchev–Trinajstić information content (AvgIpc) is 2.95. The highest BCUT2D eigenvalue weighted by molar-refractivity contribution is 5.91. The lowest BCUT2D eigenvalue weighted by Crippen LogP contribution is -2.21. The second-order valence-corrected chi connectivity index (χ2v) is 9.72. The third kappa shape index (κ3) is 10.2. The van der Waals surface area contributed by atoms with Gasteiger partial charge in [0, 0.05) is 35.9 Å². The molecule has 3 aromatic carbocycles. The van der Waals surface area contributed by atoms with Gasteiger partial charge in [0.25, 0.3) is 0 Å². The Morgan fingerprint density at radius 3 is 2.07 bits per heavy atom. The van der Waals surface area contributed by atoms with E-state index >= 15 is 0 Å². The van der Waals surface area contributed by atoms with Crippen LogP contribution in [0, 0.1) is 0 Å². The Morgan fingerprint density at radius 1 is 0.932 bits per heavy atom. The van der Waals surface area contributed by atoms with Crippen LogP contribution < -0.4 is 20.9 Å². The quantitative estimate of drug-likeness (QED) is 0.0577. The molecule has 1 atom stereocenters. The molecule has 3 aromatic rings. The zero-order chi connectivity index (χ0) is 32.5. The second-order valence-electron chi connectivity index (χ2n) is 9.72. The van der Waals surface area contributed by atoms with E-state index in [-0.39, 0.29) is 47.9 Å². The number of carboxylic acids is 1. The van der Waals surface area contributed by atoms with Gasteiger partial charge in [-0.2, -0.15) is 22.0 Å². The van der Waals surface area contributed by atoms with Crippen LogP contribution in [0.4, 0.5) is 33.3 Å². The molecule has 44 heavy (non-hydrogen) atoms. The molecule has 0 saturated carbocycles. The van der Waals surface area contributed by atoms with Gasteiger partial charge in [-0.1, -0.05) is 19.1 Å². The monoisotopic (exact) mass is 622 g/mol. The maximum Gasteiger partial charge on any atom is 0.426 e. The van der Waals surface area contributed by atoms with E-state index in [4.69, 9.17) is 30.8 Å². The number of carboxylic acid groups (broad SMARTS) is 1. The Morgan fingerprint density at radius 2 is 1.52 bits per heavy atom. The summed E-state index contributed by atoms with van der Waals surface area (Å²) in [5.74, 6) is -1.85. The Balaban J connectivity index is 1.54. The van der Waals surface area contributed by atoms with Crippen LogP contribution in [0.2, 0.25) is 0 Å². The Hall–Kier alpha value is -4.81. The molecule has 0 bridgehead atoms. The van der Waals surface area contributed by atoms with Crippen LogP contribution in [0.5, 0.6) is 11.5 Å². The van der Waals surface area contributed by atoms with Gasteiger partial charge in [0.2, 0.25) is 0 Å². The van der Waals surface area contributed by atoms with Crippen LogP contribution in [-0.2, 0) is 22.1 Å². The van der Waals surface area contributed by atoms with Crippen molar-refractivity contribution in [3.63, 3.8) is 0 Å². The highest BCUT2D eigenvalue weighted by Gasteiger charge is 2.34. The maximum atomic E-state index is 14.7. The number of carbonyl (C=O) groups is 2.